The van der Waals surface area contributed by atoms with Crippen molar-refractivity contribution in [2.24, 2.45) is 11.8 Å². The highest BCUT2D eigenvalue weighted by atomic mass is 79.9. The Hall–Kier alpha value is 0.920. The molecule has 0 aromatic rings. The van der Waals surface area contributed by atoms with Crippen molar-refractivity contribution in [3.63, 3.8) is 0 Å². The lowest BCUT2D eigenvalue weighted by Gasteiger charge is -2.02. The summed E-state index contributed by atoms with van der Waals surface area (Å²) in [5.74, 6) is 1.70. The fourth-order valence-corrected chi connectivity index (χ4v) is 3.07. The van der Waals surface area contributed by atoms with Crippen molar-refractivity contribution in [3.8, 4) is 0 Å². The molecular weight excluding hydrogens is 234 g/mol. The lowest BCUT2D eigenvalue weighted by Crippen LogP contribution is -2.17. The average molecular weight is 241 g/mol. The summed E-state index contributed by atoms with van der Waals surface area (Å²) in [5.41, 5.74) is 0. The van der Waals surface area contributed by atoms with Crippen LogP contribution in [0, 0.1) is 11.8 Å². The van der Waals surface area contributed by atoms with Crippen LogP contribution in [0.25, 0.3) is 0 Å². The Morgan fingerprint density at radius 1 is 1.25 bits per heavy atom. The Morgan fingerprint density at radius 3 is 2.00 bits per heavy atom. The van der Waals surface area contributed by atoms with Crippen LogP contribution in [0.4, 0.5) is 0 Å². The minimum atomic E-state index is 0.325. The van der Waals surface area contributed by atoms with E-state index in [0.717, 1.165) is 11.8 Å². The number of hydrogen-bond acceptors (Lipinski definition) is 1. The fourth-order valence-electron chi connectivity index (χ4n) is 1.41. The summed E-state index contributed by atoms with van der Waals surface area (Å²) in [4.78, 5) is 0. The predicted molar refractivity (Wildman–Crippen MR) is 40.4 cm³/mol. The first-order valence-corrected chi connectivity index (χ1v) is 4.40. The van der Waals surface area contributed by atoms with E-state index in [1.54, 1.807) is 0 Å². The van der Waals surface area contributed by atoms with Gasteiger partial charge in [0.1, 0.15) is 0 Å². The molecule has 1 nitrogen and oxygen atoms in total. The van der Waals surface area contributed by atoms with Crippen molar-refractivity contribution in [1.29, 1.82) is 0 Å². The molecule has 2 rings (SSSR count). The number of halogens is 2. The molecule has 0 unspecified atom stereocenters. The first-order valence-electron chi connectivity index (χ1n) is 2.81. The minimum Gasteiger partial charge on any atom is -0.316 e. The lowest BCUT2D eigenvalue weighted by molar-refractivity contribution is 0.730. The third-order valence-corrected chi connectivity index (χ3v) is 4.45. The summed E-state index contributed by atoms with van der Waals surface area (Å²) in [6, 6.07) is 0. The van der Waals surface area contributed by atoms with E-state index in [9.17, 15) is 0 Å². The van der Waals surface area contributed by atoms with E-state index in [0.29, 0.717) is 3.23 Å². The van der Waals surface area contributed by atoms with Crippen LogP contribution < -0.4 is 5.32 Å². The van der Waals surface area contributed by atoms with E-state index in [-0.39, 0.29) is 0 Å². The second-order valence-electron chi connectivity index (χ2n) is 2.55. The zero-order valence-corrected chi connectivity index (χ0v) is 7.50. The molecule has 0 spiro atoms. The number of alkyl halides is 2. The number of piperidine rings is 1. The van der Waals surface area contributed by atoms with Gasteiger partial charge in [-0.15, -0.1) is 0 Å². The van der Waals surface area contributed by atoms with E-state index in [4.69, 9.17) is 0 Å². The van der Waals surface area contributed by atoms with Gasteiger partial charge in [0.15, 0.2) is 0 Å². The minimum absolute atomic E-state index is 0.325. The molecule has 2 aliphatic rings. The highest BCUT2D eigenvalue weighted by Gasteiger charge is 2.63. The molecule has 1 heterocycles. The summed E-state index contributed by atoms with van der Waals surface area (Å²) in [5, 5.41) is 3.32. The zero-order chi connectivity index (χ0) is 5.78. The van der Waals surface area contributed by atoms with Gasteiger partial charge in [-0.3, -0.25) is 0 Å². The van der Waals surface area contributed by atoms with Gasteiger partial charge in [-0.05, 0) is 0 Å². The van der Waals surface area contributed by atoms with Gasteiger partial charge in [0.05, 0.1) is 3.23 Å². The molecule has 1 aliphatic carbocycles. The van der Waals surface area contributed by atoms with Crippen LogP contribution in [-0.2, 0) is 0 Å². The van der Waals surface area contributed by atoms with Gasteiger partial charge in [0.25, 0.3) is 0 Å². The summed E-state index contributed by atoms with van der Waals surface area (Å²) < 4.78 is 0.325. The molecule has 0 radical (unpaired) electrons. The maximum atomic E-state index is 3.61. The molecule has 1 saturated carbocycles. The highest BCUT2D eigenvalue weighted by Crippen LogP contribution is 2.63. The molecule has 2 fully saturated rings. The largest absolute Gasteiger partial charge is 0.316 e. The van der Waals surface area contributed by atoms with E-state index < -0.39 is 0 Å². The van der Waals surface area contributed by atoms with Crippen molar-refractivity contribution < 1.29 is 0 Å². The Morgan fingerprint density at radius 2 is 1.75 bits per heavy atom. The number of hydrogen-bond donors (Lipinski definition) is 1. The van der Waals surface area contributed by atoms with E-state index >= 15 is 0 Å². The van der Waals surface area contributed by atoms with Gasteiger partial charge in [-0.25, -0.2) is 0 Å². The van der Waals surface area contributed by atoms with Gasteiger partial charge < -0.3 is 5.32 Å². The lowest BCUT2D eigenvalue weighted by atomic mass is 10.4. The molecule has 8 heavy (non-hydrogen) atoms. The summed E-state index contributed by atoms with van der Waals surface area (Å²) in [7, 11) is 0. The molecule has 0 aromatic carbocycles. The fraction of sp³-hybridized carbons (Fsp3) is 1.00. The first-order chi connectivity index (χ1) is 3.73. The Labute approximate surface area is 65.5 Å². The Bertz CT molecular complexity index is 112. The Kier molecular flexibility index (Phi) is 1.06. The summed E-state index contributed by atoms with van der Waals surface area (Å²) in [6.07, 6.45) is 0. The van der Waals surface area contributed by atoms with Crippen molar-refractivity contribution >= 4 is 31.9 Å². The molecule has 0 bridgehead atoms. The SMILES string of the molecule is BrC1(Br)[C@H]2CNC[C@@H]21. The van der Waals surface area contributed by atoms with Crippen molar-refractivity contribution in [2.45, 2.75) is 3.23 Å². The molecule has 1 aliphatic heterocycles. The molecule has 0 amide bonds. The number of nitrogens with one attached hydrogen (secondary N) is 1. The topological polar surface area (TPSA) is 12.0 Å². The third-order valence-electron chi connectivity index (χ3n) is 2.09. The summed E-state index contributed by atoms with van der Waals surface area (Å²) >= 11 is 7.21. The second kappa shape index (κ2) is 1.50. The van der Waals surface area contributed by atoms with Crippen LogP contribution in [0.15, 0.2) is 0 Å². The maximum Gasteiger partial charge on any atom is 0.0893 e. The molecule has 46 valence electrons. The number of fused-ring (bicyclic) bond motifs is 1. The second-order valence-corrected chi connectivity index (χ2v) is 6.23. The molecule has 0 aromatic heterocycles. The van der Waals surface area contributed by atoms with Crippen LogP contribution in [0.2, 0.25) is 0 Å². The predicted octanol–water partition coefficient (Wildman–Crippen LogP) is 1.32. The normalized spacial score (nSPS) is 48.8. The molecule has 2 atom stereocenters. The monoisotopic (exact) mass is 239 g/mol. The van der Waals surface area contributed by atoms with Crippen LogP contribution in [0.3, 0.4) is 0 Å². The molecule has 1 saturated heterocycles. The highest BCUT2D eigenvalue weighted by molar-refractivity contribution is 9.25. The maximum absolute atomic E-state index is 3.61. The van der Waals surface area contributed by atoms with Crippen LogP contribution in [0.1, 0.15) is 0 Å². The summed E-state index contributed by atoms with van der Waals surface area (Å²) in [6.45, 7) is 2.36. The van der Waals surface area contributed by atoms with Crippen LogP contribution in [-0.4, -0.2) is 16.3 Å². The van der Waals surface area contributed by atoms with Gasteiger partial charge in [-0.1, -0.05) is 31.9 Å². The quantitative estimate of drug-likeness (QED) is 0.630. The zero-order valence-electron chi connectivity index (χ0n) is 4.32. The van der Waals surface area contributed by atoms with Gasteiger partial charge in [-0.2, -0.15) is 0 Å². The van der Waals surface area contributed by atoms with Crippen molar-refractivity contribution in [2.75, 3.05) is 13.1 Å². The van der Waals surface area contributed by atoms with E-state index in [1.807, 2.05) is 0 Å². The molecule has 3 heteroatoms. The Balaban J connectivity index is 2.13. The smallest absolute Gasteiger partial charge is 0.0893 e. The third kappa shape index (κ3) is 0.554. The van der Waals surface area contributed by atoms with Crippen molar-refractivity contribution in [3.05, 3.63) is 0 Å². The van der Waals surface area contributed by atoms with E-state index in [2.05, 4.69) is 37.2 Å². The average Bonchev–Trinajstić information content (AvgIpc) is 2.22. The van der Waals surface area contributed by atoms with Crippen LogP contribution in [0.5, 0.6) is 0 Å². The first kappa shape index (κ1) is 5.69. The van der Waals surface area contributed by atoms with Gasteiger partial charge >= 0.3 is 0 Å². The van der Waals surface area contributed by atoms with Gasteiger partial charge in [0, 0.05) is 24.9 Å². The molecular formula is C5H7Br2N. The van der Waals surface area contributed by atoms with Crippen molar-refractivity contribution in [1.82, 2.24) is 5.32 Å². The van der Waals surface area contributed by atoms with Crippen LogP contribution >= 0.6 is 31.9 Å². The standard InChI is InChI=1S/C5H7Br2N/c6-5(7)3-1-8-2-4(3)5/h3-4,8H,1-2H2/t3-,4-/m0/s1. The van der Waals surface area contributed by atoms with Gasteiger partial charge in [0.2, 0.25) is 0 Å². The number of rotatable bonds is 0. The van der Waals surface area contributed by atoms with E-state index in [1.165, 1.54) is 13.1 Å². The molecule has 1 N–H and O–H groups in total.